The molecule has 0 aromatic heterocycles. The summed E-state index contributed by atoms with van der Waals surface area (Å²) in [4.78, 5) is 11.9. The Kier molecular flexibility index (Phi) is 4.95. The quantitative estimate of drug-likeness (QED) is 0.719. The number of benzene rings is 1. The van der Waals surface area contributed by atoms with Crippen LogP contribution in [0, 0.1) is 5.92 Å². The predicted molar refractivity (Wildman–Crippen MR) is 70.9 cm³/mol. The second kappa shape index (κ2) is 6.24. The Morgan fingerprint density at radius 2 is 2.00 bits per heavy atom. The lowest BCUT2D eigenvalue weighted by molar-refractivity contribution is 0.0299. The van der Waals surface area contributed by atoms with Gasteiger partial charge in [0.05, 0.1) is 11.7 Å². The summed E-state index contributed by atoms with van der Waals surface area (Å²) < 4.78 is 5.40. The second-order valence-corrected chi connectivity index (χ2v) is 4.64. The first-order valence-electron chi connectivity index (χ1n) is 5.97. The van der Waals surface area contributed by atoms with Gasteiger partial charge in [0.2, 0.25) is 0 Å². The molecule has 2 heteroatoms. The first-order valence-corrected chi connectivity index (χ1v) is 5.97. The second-order valence-electron chi connectivity index (χ2n) is 4.64. The summed E-state index contributed by atoms with van der Waals surface area (Å²) >= 11 is 0. The molecule has 1 atom stereocenters. The van der Waals surface area contributed by atoms with Crippen LogP contribution in [0.5, 0.6) is 0 Å². The summed E-state index contributed by atoms with van der Waals surface area (Å²) in [5.41, 5.74) is 1.40. The van der Waals surface area contributed by atoms with E-state index in [0.29, 0.717) is 11.5 Å². The summed E-state index contributed by atoms with van der Waals surface area (Å²) in [6, 6.07) is 7.33. The van der Waals surface area contributed by atoms with Crippen LogP contribution in [0.2, 0.25) is 0 Å². The van der Waals surface area contributed by atoms with Crippen LogP contribution in [0.4, 0.5) is 0 Å². The van der Waals surface area contributed by atoms with Crippen molar-refractivity contribution in [2.45, 2.75) is 33.3 Å². The van der Waals surface area contributed by atoms with Crippen molar-refractivity contribution in [3.8, 4) is 0 Å². The van der Waals surface area contributed by atoms with Crippen LogP contribution in [0.1, 0.15) is 43.1 Å². The molecule has 0 N–H and O–H groups in total. The number of hydrogen-bond donors (Lipinski definition) is 0. The lowest BCUT2D eigenvalue weighted by Gasteiger charge is -2.15. The molecule has 1 unspecified atom stereocenters. The van der Waals surface area contributed by atoms with Crippen LogP contribution >= 0.6 is 0 Å². The smallest absolute Gasteiger partial charge is 0.338 e. The Hall–Kier alpha value is -1.57. The Bertz CT molecular complexity index is 394. The lowest BCUT2D eigenvalue weighted by atomic mass is 10.1. The maximum Gasteiger partial charge on any atom is 0.338 e. The van der Waals surface area contributed by atoms with Gasteiger partial charge in [-0.25, -0.2) is 4.79 Å². The molecule has 0 heterocycles. The molecule has 1 aromatic carbocycles. The molecule has 0 amide bonds. The third kappa shape index (κ3) is 4.06. The van der Waals surface area contributed by atoms with Crippen LogP contribution < -0.4 is 0 Å². The third-order valence-corrected chi connectivity index (χ3v) is 2.51. The van der Waals surface area contributed by atoms with Gasteiger partial charge in [-0.2, -0.15) is 0 Å². The highest BCUT2D eigenvalue weighted by molar-refractivity contribution is 5.93. The molecule has 0 saturated heterocycles. The van der Waals surface area contributed by atoms with Gasteiger partial charge in [-0.1, -0.05) is 44.7 Å². The van der Waals surface area contributed by atoms with Crippen molar-refractivity contribution in [2.24, 2.45) is 5.92 Å². The predicted octanol–water partition coefficient (Wildman–Crippen LogP) is 3.92. The minimum Gasteiger partial charge on any atom is -0.459 e. The first kappa shape index (κ1) is 13.5. The standard InChI is InChI=1S/C15H20O2/c1-5-13-8-6-7-9-14(13)15(16)17-12(4)10-11(2)3/h5-9,11-12H,1,10H2,2-4H3. The first-order chi connectivity index (χ1) is 8.04. The molecule has 0 saturated carbocycles. The lowest BCUT2D eigenvalue weighted by Crippen LogP contribution is -2.17. The van der Waals surface area contributed by atoms with Crippen molar-refractivity contribution in [3.63, 3.8) is 0 Å². The molecule has 0 fully saturated rings. The molecule has 17 heavy (non-hydrogen) atoms. The van der Waals surface area contributed by atoms with Crippen molar-refractivity contribution < 1.29 is 9.53 Å². The van der Waals surface area contributed by atoms with Gasteiger partial charge < -0.3 is 4.74 Å². The van der Waals surface area contributed by atoms with Gasteiger partial charge in [-0.15, -0.1) is 0 Å². The molecule has 2 nitrogen and oxygen atoms in total. The summed E-state index contributed by atoms with van der Waals surface area (Å²) in [6.07, 6.45) is 2.49. The summed E-state index contributed by atoms with van der Waals surface area (Å²) in [5.74, 6) is 0.251. The molecule has 0 aliphatic heterocycles. The molecule has 0 bridgehead atoms. The molecule has 1 aromatic rings. The molecule has 1 rings (SSSR count). The highest BCUT2D eigenvalue weighted by Crippen LogP contribution is 2.14. The molecular weight excluding hydrogens is 212 g/mol. The maximum absolute atomic E-state index is 11.9. The molecule has 0 radical (unpaired) electrons. The van der Waals surface area contributed by atoms with Gasteiger partial charge >= 0.3 is 5.97 Å². The van der Waals surface area contributed by atoms with Crippen molar-refractivity contribution in [1.82, 2.24) is 0 Å². The summed E-state index contributed by atoms with van der Waals surface area (Å²) in [5, 5.41) is 0. The van der Waals surface area contributed by atoms with Crippen molar-refractivity contribution in [1.29, 1.82) is 0 Å². The highest BCUT2D eigenvalue weighted by atomic mass is 16.5. The van der Waals surface area contributed by atoms with E-state index in [2.05, 4.69) is 20.4 Å². The van der Waals surface area contributed by atoms with Crippen LogP contribution in [0.3, 0.4) is 0 Å². The van der Waals surface area contributed by atoms with Gasteiger partial charge in [0.1, 0.15) is 0 Å². The fraction of sp³-hybridized carbons (Fsp3) is 0.400. The molecule has 0 aliphatic rings. The molecule has 92 valence electrons. The average Bonchev–Trinajstić information content (AvgIpc) is 2.27. The Labute approximate surface area is 103 Å². The van der Waals surface area contributed by atoms with E-state index in [1.807, 2.05) is 25.1 Å². The fourth-order valence-electron chi connectivity index (χ4n) is 1.82. The van der Waals surface area contributed by atoms with E-state index in [1.54, 1.807) is 12.1 Å². The van der Waals surface area contributed by atoms with E-state index in [0.717, 1.165) is 12.0 Å². The minimum absolute atomic E-state index is 0.0552. The number of carbonyl (C=O) groups is 1. The number of esters is 1. The zero-order valence-corrected chi connectivity index (χ0v) is 10.8. The number of carbonyl (C=O) groups excluding carboxylic acids is 1. The average molecular weight is 232 g/mol. The largest absolute Gasteiger partial charge is 0.459 e. The van der Waals surface area contributed by atoms with Crippen LogP contribution in [0.25, 0.3) is 6.08 Å². The van der Waals surface area contributed by atoms with Crippen molar-refractivity contribution in [3.05, 3.63) is 42.0 Å². The highest BCUT2D eigenvalue weighted by Gasteiger charge is 2.14. The Morgan fingerprint density at radius 3 is 2.59 bits per heavy atom. The normalized spacial score (nSPS) is 12.2. The van der Waals surface area contributed by atoms with Crippen molar-refractivity contribution in [2.75, 3.05) is 0 Å². The van der Waals surface area contributed by atoms with Gasteiger partial charge in [0, 0.05) is 0 Å². The molecule has 0 spiro atoms. The van der Waals surface area contributed by atoms with Crippen LogP contribution in [-0.2, 0) is 4.74 Å². The monoisotopic (exact) mass is 232 g/mol. The van der Waals surface area contributed by atoms with E-state index in [4.69, 9.17) is 4.74 Å². The van der Waals surface area contributed by atoms with E-state index in [-0.39, 0.29) is 12.1 Å². The summed E-state index contributed by atoms with van der Waals surface area (Å²) in [6.45, 7) is 9.85. The van der Waals surface area contributed by atoms with Crippen LogP contribution in [0.15, 0.2) is 30.8 Å². The van der Waals surface area contributed by atoms with E-state index in [1.165, 1.54) is 0 Å². The zero-order chi connectivity index (χ0) is 12.8. The minimum atomic E-state index is -0.270. The Morgan fingerprint density at radius 1 is 1.35 bits per heavy atom. The number of hydrogen-bond acceptors (Lipinski definition) is 2. The summed E-state index contributed by atoms with van der Waals surface area (Å²) in [7, 11) is 0. The van der Waals surface area contributed by atoms with Gasteiger partial charge in [0.25, 0.3) is 0 Å². The molecular formula is C15H20O2. The zero-order valence-electron chi connectivity index (χ0n) is 10.8. The third-order valence-electron chi connectivity index (χ3n) is 2.51. The molecule has 0 aliphatic carbocycles. The topological polar surface area (TPSA) is 26.3 Å². The number of rotatable bonds is 5. The number of ether oxygens (including phenoxy) is 1. The SMILES string of the molecule is C=Cc1ccccc1C(=O)OC(C)CC(C)C. The van der Waals surface area contributed by atoms with Gasteiger partial charge in [0.15, 0.2) is 0 Å². The van der Waals surface area contributed by atoms with E-state index in [9.17, 15) is 4.79 Å². The maximum atomic E-state index is 11.9. The fourth-order valence-corrected chi connectivity index (χ4v) is 1.82. The van der Waals surface area contributed by atoms with Gasteiger partial charge in [-0.05, 0) is 30.9 Å². The van der Waals surface area contributed by atoms with Crippen LogP contribution in [-0.4, -0.2) is 12.1 Å². The van der Waals surface area contributed by atoms with Gasteiger partial charge in [-0.3, -0.25) is 0 Å². The Balaban J connectivity index is 2.73. The van der Waals surface area contributed by atoms with E-state index >= 15 is 0 Å². The van der Waals surface area contributed by atoms with E-state index < -0.39 is 0 Å². The van der Waals surface area contributed by atoms with Crippen molar-refractivity contribution >= 4 is 12.0 Å².